The van der Waals surface area contributed by atoms with Gasteiger partial charge in [-0.25, -0.2) is 0 Å². The van der Waals surface area contributed by atoms with E-state index >= 15 is 0 Å². The molecule has 9 fully saturated rings. The number of carbonyl (C=O) groups is 2. The van der Waals surface area contributed by atoms with Crippen LogP contribution in [0.4, 0.5) is 0 Å². The van der Waals surface area contributed by atoms with Gasteiger partial charge in [0.15, 0.2) is 0 Å². The molecule has 9 rings (SSSR count). The zero-order valence-electron chi connectivity index (χ0n) is 22.8. The molecule has 16 atom stereocenters. The Morgan fingerprint density at radius 3 is 2.25 bits per heavy atom. The fourth-order valence-electron chi connectivity index (χ4n) is 12.2. The zero-order valence-corrected chi connectivity index (χ0v) is 24.9. The fourth-order valence-corrected chi connectivity index (χ4v) is 17.7. The summed E-state index contributed by atoms with van der Waals surface area (Å²) >= 11 is -0.956. The van der Waals surface area contributed by atoms with Gasteiger partial charge in [0.2, 0.25) is 0 Å². The van der Waals surface area contributed by atoms with Crippen LogP contribution in [0.2, 0.25) is 0 Å². The molecule has 0 N–H and O–H groups in total. The maximum absolute atomic E-state index is 14.0. The van der Waals surface area contributed by atoms with Crippen LogP contribution in [0.1, 0.15) is 72.1 Å². The van der Waals surface area contributed by atoms with Crippen molar-refractivity contribution in [2.24, 2.45) is 76.4 Å². The van der Waals surface area contributed by atoms with Crippen LogP contribution >= 0.6 is 19.8 Å². The van der Waals surface area contributed by atoms with E-state index in [-0.39, 0.29) is 35.0 Å². The molecule has 36 heavy (non-hydrogen) atoms. The Balaban J connectivity index is 0.989. The average Bonchev–Trinajstić information content (AvgIpc) is 3.44. The molecule has 5 heteroatoms. The Labute approximate surface area is 224 Å². The average molecular weight is 609 g/mol. The van der Waals surface area contributed by atoms with Crippen LogP contribution in [0.5, 0.6) is 0 Å². The van der Waals surface area contributed by atoms with E-state index in [4.69, 9.17) is 9.47 Å². The number of hydrogen-bond acceptors (Lipinski definition) is 4. The fraction of sp³-hybridized carbons (Fsp3) is 0.935. The number of carbonyl (C=O) groups excluding carboxylic acids is 2. The zero-order chi connectivity index (χ0) is 24.9. The third-order valence-electron chi connectivity index (χ3n) is 13.8. The molecule has 16 unspecified atom stereocenters. The van der Waals surface area contributed by atoms with Crippen molar-refractivity contribution in [3.05, 3.63) is 0 Å². The quantitative estimate of drug-likeness (QED) is 0.167. The van der Waals surface area contributed by atoms with Crippen molar-refractivity contribution in [1.82, 2.24) is 0 Å². The second-order valence-corrected chi connectivity index (χ2v) is 21.4. The minimum atomic E-state index is -0.956. The molecule has 0 aromatic rings. The van der Waals surface area contributed by atoms with Gasteiger partial charge in [0.05, 0.1) is 5.41 Å². The van der Waals surface area contributed by atoms with Gasteiger partial charge in [-0.15, -0.1) is 0 Å². The molecule has 0 aromatic heterocycles. The summed E-state index contributed by atoms with van der Waals surface area (Å²) in [6.07, 6.45) is 9.68. The van der Waals surface area contributed by atoms with E-state index in [1.807, 2.05) is 0 Å². The molecule has 0 aliphatic heterocycles. The third kappa shape index (κ3) is 2.88. The van der Waals surface area contributed by atoms with Crippen LogP contribution < -0.4 is 0 Å². The molecule has 200 valence electrons. The molecular formula is C31H45IO4. The summed E-state index contributed by atoms with van der Waals surface area (Å²) in [4.78, 5) is 32.0. The van der Waals surface area contributed by atoms with Crippen molar-refractivity contribution in [3.63, 3.8) is 0 Å². The molecule has 0 aromatic carbocycles. The van der Waals surface area contributed by atoms with Crippen LogP contribution in [0.3, 0.4) is 0 Å². The van der Waals surface area contributed by atoms with Gasteiger partial charge >= 0.3 is 188 Å². The monoisotopic (exact) mass is 608 g/mol. The molecule has 0 amide bonds. The van der Waals surface area contributed by atoms with Gasteiger partial charge in [-0.3, -0.25) is 4.79 Å². The number of esters is 2. The Morgan fingerprint density at radius 1 is 0.833 bits per heavy atom. The Morgan fingerprint density at radius 2 is 1.53 bits per heavy atom. The summed E-state index contributed by atoms with van der Waals surface area (Å²) in [5, 5.41) is 0. The van der Waals surface area contributed by atoms with Gasteiger partial charge in [0.1, 0.15) is 0 Å². The van der Waals surface area contributed by atoms with Crippen molar-refractivity contribution in [1.29, 1.82) is 0 Å². The van der Waals surface area contributed by atoms with Crippen LogP contribution in [0, 0.1) is 76.4 Å². The Hall–Kier alpha value is -0.330. The molecule has 0 radical (unpaired) electrons. The van der Waals surface area contributed by atoms with E-state index in [9.17, 15) is 9.59 Å². The predicted molar refractivity (Wildman–Crippen MR) is 147 cm³/mol. The first-order chi connectivity index (χ1) is 17.1. The molecular weight excluding hydrogens is 563 g/mol. The number of ether oxygens (including phenoxy) is 2. The van der Waals surface area contributed by atoms with Crippen LogP contribution in [0.15, 0.2) is 0 Å². The predicted octanol–water partition coefficient (Wildman–Crippen LogP) is 5.98. The van der Waals surface area contributed by atoms with E-state index < -0.39 is 19.8 Å². The third-order valence-corrected chi connectivity index (χ3v) is 18.5. The summed E-state index contributed by atoms with van der Waals surface area (Å²) in [5.74, 6) is 7.48. The Kier molecular flexibility index (Phi) is 4.87. The van der Waals surface area contributed by atoms with E-state index in [1.165, 1.54) is 32.1 Å². The minimum absolute atomic E-state index is 0.0472. The molecule has 9 aliphatic carbocycles. The van der Waals surface area contributed by atoms with E-state index in [0.717, 1.165) is 40.9 Å². The molecule has 0 saturated heterocycles. The first-order valence-electron chi connectivity index (χ1n) is 15.0. The van der Waals surface area contributed by atoms with Crippen molar-refractivity contribution < 1.29 is 19.1 Å². The summed E-state index contributed by atoms with van der Waals surface area (Å²) in [5.41, 5.74) is -0.444. The summed E-state index contributed by atoms with van der Waals surface area (Å²) < 4.78 is 13.9. The van der Waals surface area contributed by atoms with Gasteiger partial charge < -0.3 is 0 Å². The van der Waals surface area contributed by atoms with E-state index in [0.29, 0.717) is 47.3 Å². The molecule has 0 spiro atoms. The SMILES string of the molecule is CC1CC1(C)C(=O)OC1CC2CC1C1C3CC(CC3C(=O)OC3(C)C4CC5CC(C4)C3C5I(C)C)C21. The van der Waals surface area contributed by atoms with Gasteiger partial charge in [0, 0.05) is 0 Å². The second kappa shape index (κ2) is 7.44. The first kappa shape index (κ1) is 23.5. The second-order valence-electron chi connectivity index (χ2n) is 15.3. The number of alkyl halides is 3. The number of rotatable bonds is 5. The van der Waals surface area contributed by atoms with Crippen molar-refractivity contribution in [2.45, 2.75) is 87.8 Å². The van der Waals surface area contributed by atoms with Crippen molar-refractivity contribution in [3.8, 4) is 0 Å². The molecule has 9 aliphatic rings. The standard InChI is InChI=1S/C31H45IO4/c1-14-13-30(14,2)29(34)35-23-12-16-11-22(23)25-20-9-15(24(16)25)10-21(20)28(33)36-31(3)19-7-17-6-18(8-19)27(26(17)31)32(4)5/h14-27H,6-13H2,1-5H3. The number of hydrogen-bond donors (Lipinski definition) is 0. The van der Waals surface area contributed by atoms with E-state index in [2.05, 4.69) is 30.6 Å². The summed E-state index contributed by atoms with van der Waals surface area (Å²) in [7, 11) is 0. The molecule has 0 heterocycles. The maximum atomic E-state index is 14.0. The summed E-state index contributed by atoms with van der Waals surface area (Å²) in [6.45, 7) is 6.59. The first-order valence-corrected chi connectivity index (χ1v) is 20.6. The van der Waals surface area contributed by atoms with Gasteiger partial charge in [-0.1, -0.05) is 6.92 Å². The van der Waals surface area contributed by atoms with E-state index in [1.54, 1.807) is 0 Å². The van der Waals surface area contributed by atoms with Gasteiger partial charge in [-0.2, -0.15) is 0 Å². The van der Waals surface area contributed by atoms with Crippen molar-refractivity contribution >= 4 is 31.8 Å². The van der Waals surface area contributed by atoms with Crippen molar-refractivity contribution in [2.75, 3.05) is 9.86 Å². The normalized spacial score (nSPS) is 61.0. The molecule has 9 saturated carbocycles. The Bertz CT molecular complexity index is 1010. The number of halogens is 1. The number of fused-ring (bicyclic) bond motifs is 9. The summed E-state index contributed by atoms with van der Waals surface area (Å²) in [6, 6.07) is 0. The van der Waals surface area contributed by atoms with Crippen LogP contribution in [-0.4, -0.2) is 37.4 Å². The van der Waals surface area contributed by atoms with Gasteiger partial charge in [-0.05, 0) is 19.3 Å². The van der Waals surface area contributed by atoms with Gasteiger partial charge in [0.25, 0.3) is 0 Å². The van der Waals surface area contributed by atoms with Crippen LogP contribution in [0.25, 0.3) is 0 Å². The topological polar surface area (TPSA) is 52.6 Å². The molecule has 8 bridgehead atoms. The van der Waals surface area contributed by atoms with Crippen LogP contribution in [-0.2, 0) is 19.1 Å². The molecule has 4 nitrogen and oxygen atoms in total.